The predicted molar refractivity (Wildman–Crippen MR) is 60.8 cm³/mol. The minimum Gasteiger partial charge on any atom is -0.395 e. The van der Waals surface area contributed by atoms with E-state index in [1.54, 1.807) is 0 Å². The van der Waals surface area contributed by atoms with Crippen LogP contribution >= 0.6 is 11.8 Å². The second kappa shape index (κ2) is 7.51. The molecule has 3 nitrogen and oxygen atoms in total. The standard InChI is InChI=1S/C10H21NO2S/c1-2-11-9(7-12)8-14-10-3-5-13-6-4-10/h9-12H,2-8H2,1H3. The number of ether oxygens (including phenoxy) is 1. The van der Waals surface area contributed by atoms with E-state index in [-0.39, 0.29) is 12.6 Å². The molecule has 0 spiro atoms. The zero-order valence-electron chi connectivity index (χ0n) is 8.87. The average Bonchev–Trinajstić information content (AvgIpc) is 2.25. The van der Waals surface area contributed by atoms with Crippen LogP contribution < -0.4 is 5.32 Å². The van der Waals surface area contributed by atoms with Gasteiger partial charge in [0.2, 0.25) is 0 Å². The molecule has 1 rings (SSSR count). The fourth-order valence-electron chi connectivity index (χ4n) is 1.56. The van der Waals surface area contributed by atoms with Crippen LogP contribution in [-0.2, 0) is 4.74 Å². The Balaban J connectivity index is 2.10. The molecule has 84 valence electrons. The molecule has 1 fully saturated rings. The molecule has 1 saturated heterocycles. The van der Waals surface area contributed by atoms with Crippen molar-refractivity contribution in [2.24, 2.45) is 0 Å². The molecular formula is C10H21NO2S. The quantitative estimate of drug-likeness (QED) is 0.695. The van der Waals surface area contributed by atoms with Crippen molar-refractivity contribution < 1.29 is 9.84 Å². The summed E-state index contributed by atoms with van der Waals surface area (Å²) in [6.45, 7) is 5.05. The zero-order chi connectivity index (χ0) is 10.2. The monoisotopic (exact) mass is 219 g/mol. The first-order valence-corrected chi connectivity index (χ1v) is 6.45. The Kier molecular flexibility index (Phi) is 6.60. The Morgan fingerprint density at radius 1 is 1.50 bits per heavy atom. The first-order chi connectivity index (χ1) is 6.86. The van der Waals surface area contributed by atoms with Crippen LogP contribution in [0.5, 0.6) is 0 Å². The second-order valence-corrected chi connectivity index (χ2v) is 4.92. The Hall–Kier alpha value is 0.230. The molecule has 1 unspecified atom stereocenters. The summed E-state index contributed by atoms with van der Waals surface area (Å²) in [4.78, 5) is 0. The van der Waals surface area contributed by atoms with Crippen LogP contribution in [0, 0.1) is 0 Å². The summed E-state index contributed by atoms with van der Waals surface area (Å²) in [7, 11) is 0. The maximum absolute atomic E-state index is 9.09. The summed E-state index contributed by atoms with van der Waals surface area (Å²) in [5.41, 5.74) is 0. The largest absolute Gasteiger partial charge is 0.395 e. The van der Waals surface area contributed by atoms with Gasteiger partial charge in [0.25, 0.3) is 0 Å². The number of aliphatic hydroxyl groups excluding tert-OH is 1. The van der Waals surface area contributed by atoms with Gasteiger partial charge in [-0.05, 0) is 19.4 Å². The van der Waals surface area contributed by atoms with Gasteiger partial charge in [-0.1, -0.05) is 6.92 Å². The van der Waals surface area contributed by atoms with Gasteiger partial charge in [0, 0.05) is 30.3 Å². The number of likely N-dealkylation sites (N-methyl/N-ethyl adjacent to an activating group) is 1. The maximum Gasteiger partial charge on any atom is 0.0592 e. The maximum atomic E-state index is 9.09. The second-order valence-electron chi connectivity index (χ2n) is 3.58. The molecule has 0 saturated carbocycles. The molecule has 0 amide bonds. The highest BCUT2D eigenvalue weighted by Gasteiger charge is 2.16. The van der Waals surface area contributed by atoms with E-state index in [4.69, 9.17) is 9.84 Å². The van der Waals surface area contributed by atoms with Gasteiger partial charge in [-0.15, -0.1) is 0 Å². The van der Waals surface area contributed by atoms with Crippen molar-refractivity contribution in [2.45, 2.75) is 31.1 Å². The number of thioether (sulfide) groups is 1. The number of nitrogens with one attached hydrogen (secondary N) is 1. The first kappa shape index (κ1) is 12.3. The lowest BCUT2D eigenvalue weighted by Crippen LogP contribution is -2.35. The summed E-state index contributed by atoms with van der Waals surface area (Å²) in [5, 5.41) is 13.1. The van der Waals surface area contributed by atoms with Gasteiger partial charge in [-0.25, -0.2) is 0 Å². The van der Waals surface area contributed by atoms with Gasteiger partial charge < -0.3 is 15.2 Å². The van der Waals surface area contributed by atoms with Crippen LogP contribution in [-0.4, -0.2) is 48.5 Å². The van der Waals surface area contributed by atoms with E-state index in [0.717, 1.165) is 43.6 Å². The molecule has 0 bridgehead atoms. The smallest absolute Gasteiger partial charge is 0.0592 e. The topological polar surface area (TPSA) is 41.5 Å². The molecule has 2 N–H and O–H groups in total. The molecule has 1 aliphatic rings. The highest BCUT2D eigenvalue weighted by Crippen LogP contribution is 2.22. The fraction of sp³-hybridized carbons (Fsp3) is 1.00. The van der Waals surface area contributed by atoms with Crippen LogP contribution in [0.25, 0.3) is 0 Å². The molecular weight excluding hydrogens is 198 g/mol. The molecule has 1 aliphatic heterocycles. The molecule has 1 heterocycles. The highest BCUT2D eigenvalue weighted by atomic mass is 32.2. The van der Waals surface area contributed by atoms with Gasteiger partial charge in [0.05, 0.1) is 6.61 Å². The van der Waals surface area contributed by atoms with E-state index in [2.05, 4.69) is 12.2 Å². The first-order valence-electron chi connectivity index (χ1n) is 5.40. The summed E-state index contributed by atoms with van der Waals surface area (Å²) in [6.07, 6.45) is 2.32. The average molecular weight is 219 g/mol. The molecule has 0 aliphatic carbocycles. The summed E-state index contributed by atoms with van der Waals surface area (Å²) >= 11 is 1.97. The number of aliphatic hydroxyl groups is 1. The van der Waals surface area contributed by atoms with Crippen molar-refractivity contribution >= 4 is 11.8 Å². The molecule has 0 radical (unpaired) electrons. The lowest BCUT2D eigenvalue weighted by molar-refractivity contribution is 0.1000. The Morgan fingerprint density at radius 3 is 2.79 bits per heavy atom. The van der Waals surface area contributed by atoms with Crippen molar-refractivity contribution in [1.29, 1.82) is 0 Å². The molecule has 14 heavy (non-hydrogen) atoms. The predicted octanol–water partition coefficient (Wildman–Crippen LogP) is 0.869. The molecule has 0 aromatic rings. The van der Waals surface area contributed by atoms with E-state index < -0.39 is 0 Å². The minimum atomic E-state index is 0.240. The lowest BCUT2D eigenvalue weighted by Gasteiger charge is -2.23. The summed E-state index contributed by atoms with van der Waals surface area (Å²) in [5.74, 6) is 1.01. The van der Waals surface area contributed by atoms with Crippen LogP contribution in [0.2, 0.25) is 0 Å². The van der Waals surface area contributed by atoms with E-state index >= 15 is 0 Å². The van der Waals surface area contributed by atoms with E-state index in [1.807, 2.05) is 11.8 Å². The molecule has 4 heteroatoms. The normalized spacial score (nSPS) is 21.0. The molecule has 1 atom stereocenters. The van der Waals surface area contributed by atoms with Crippen LogP contribution in [0.4, 0.5) is 0 Å². The third-order valence-corrected chi connectivity index (χ3v) is 3.95. The lowest BCUT2D eigenvalue weighted by atomic mass is 10.2. The molecule has 0 aromatic heterocycles. The van der Waals surface area contributed by atoms with Crippen LogP contribution in [0.15, 0.2) is 0 Å². The SMILES string of the molecule is CCNC(CO)CSC1CCOCC1. The number of hydrogen-bond acceptors (Lipinski definition) is 4. The zero-order valence-corrected chi connectivity index (χ0v) is 9.68. The molecule has 0 aromatic carbocycles. The van der Waals surface area contributed by atoms with E-state index in [9.17, 15) is 0 Å². The van der Waals surface area contributed by atoms with Gasteiger partial charge in [0.1, 0.15) is 0 Å². The van der Waals surface area contributed by atoms with Gasteiger partial charge in [-0.3, -0.25) is 0 Å². The third kappa shape index (κ3) is 4.64. The number of rotatable bonds is 6. The third-order valence-electron chi connectivity index (χ3n) is 2.41. The highest BCUT2D eigenvalue weighted by molar-refractivity contribution is 7.99. The number of hydrogen-bond donors (Lipinski definition) is 2. The van der Waals surface area contributed by atoms with Crippen LogP contribution in [0.3, 0.4) is 0 Å². The van der Waals surface area contributed by atoms with E-state index in [1.165, 1.54) is 0 Å². The minimum absolute atomic E-state index is 0.240. The van der Waals surface area contributed by atoms with Gasteiger partial charge >= 0.3 is 0 Å². The van der Waals surface area contributed by atoms with Crippen LogP contribution in [0.1, 0.15) is 19.8 Å². The Bertz CT molecular complexity index is 135. The van der Waals surface area contributed by atoms with E-state index in [0.29, 0.717) is 0 Å². The Morgan fingerprint density at radius 2 is 2.21 bits per heavy atom. The van der Waals surface area contributed by atoms with Crippen molar-refractivity contribution in [3.8, 4) is 0 Å². The van der Waals surface area contributed by atoms with Crippen molar-refractivity contribution in [3.63, 3.8) is 0 Å². The summed E-state index contributed by atoms with van der Waals surface area (Å²) in [6, 6.07) is 0.257. The fourth-order valence-corrected chi connectivity index (χ4v) is 2.81. The van der Waals surface area contributed by atoms with Gasteiger partial charge in [-0.2, -0.15) is 11.8 Å². The van der Waals surface area contributed by atoms with Crippen molar-refractivity contribution in [2.75, 3.05) is 32.1 Å². The van der Waals surface area contributed by atoms with Gasteiger partial charge in [0.15, 0.2) is 0 Å². The Labute approximate surface area is 90.6 Å². The van der Waals surface area contributed by atoms with Crippen molar-refractivity contribution in [1.82, 2.24) is 5.32 Å². The summed E-state index contributed by atoms with van der Waals surface area (Å²) < 4.78 is 5.30. The van der Waals surface area contributed by atoms with Crippen molar-refractivity contribution in [3.05, 3.63) is 0 Å².